The van der Waals surface area contributed by atoms with Crippen molar-refractivity contribution in [2.75, 3.05) is 18.8 Å². The van der Waals surface area contributed by atoms with E-state index in [-0.39, 0.29) is 0 Å². The first-order chi connectivity index (χ1) is 6.25. The number of hydrogen-bond acceptors (Lipinski definition) is 3. The average molecular weight is 180 g/mol. The first kappa shape index (κ1) is 8.56. The van der Waals surface area contributed by atoms with Crippen molar-refractivity contribution in [1.82, 2.24) is 14.7 Å². The van der Waals surface area contributed by atoms with Gasteiger partial charge in [-0.1, -0.05) is 0 Å². The normalized spacial score (nSPS) is 23.0. The zero-order chi connectivity index (χ0) is 9.26. The summed E-state index contributed by atoms with van der Waals surface area (Å²) in [6.07, 6.45) is 4.91. The summed E-state index contributed by atoms with van der Waals surface area (Å²) in [6, 6.07) is 0.757. The molecule has 1 aromatic rings. The van der Waals surface area contributed by atoms with E-state index in [1.54, 1.807) is 6.20 Å². The monoisotopic (exact) mass is 180 g/mol. The van der Waals surface area contributed by atoms with E-state index in [1.807, 2.05) is 10.9 Å². The van der Waals surface area contributed by atoms with E-state index < -0.39 is 0 Å². The quantitative estimate of drug-likeness (QED) is 0.739. The van der Waals surface area contributed by atoms with Crippen molar-refractivity contribution in [3.8, 4) is 0 Å². The van der Waals surface area contributed by atoms with Crippen LogP contribution in [0.4, 0.5) is 5.69 Å². The molecule has 0 spiro atoms. The SMILES string of the molecule is CC1CCN1CCn1cc(N)cn1. The Bertz CT molecular complexity index is 281. The summed E-state index contributed by atoms with van der Waals surface area (Å²) in [5.41, 5.74) is 6.31. The highest BCUT2D eigenvalue weighted by molar-refractivity contribution is 5.30. The van der Waals surface area contributed by atoms with Gasteiger partial charge < -0.3 is 5.73 Å². The third-order valence-electron chi connectivity index (χ3n) is 2.73. The van der Waals surface area contributed by atoms with Gasteiger partial charge in [0.05, 0.1) is 18.4 Å². The summed E-state index contributed by atoms with van der Waals surface area (Å²) in [5.74, 6) is 0. The Labute approximate surface area is 78.3 Å². The number of hydrogen-bond donors (Lipinski definition) is 1. The van der Waals surface area contributed by atoms with E-state index in [4.69, 9.17) is 5.73 Å². The number of anilines is 1. The van der Waals surface area contributed by atoms with Gasteiger partial charge in [-0.25, -0.2) is 0 Å². The number of aromatic nitrogens is 2. The minimum Gasteiger partial charge on any atom is -0.396 e. The Kier molecular flexibility index (Phi) is 2.22. The third kappa shape index (κ3) is 1.83. The van der Waals surface area contributed by atoms with Gasteiger partial charge in [0.1, 0.15) is 0 Å². The minimum absolute atomic E-state index is 0.747. The Balaban J connectivity index is 1.79. The van der Waals surface area contributed by atoms with Crippen molar-refractivity contribution in [2.45, 2.75) is 25.9 Å². The second-order valence-corrected chi connectivity index (χ2v) is 3.71. The molecule has 4 heteroatoms. The van der Waals surface area contributed by atoms with Crippen LogP contribution in [0, 0.1) is 0 Å². The van der Waals surface area contributed by atoms with Gasteiger partial charge in [-0.05, 0) is 19.9 Å². The molecule has 0 bridgehead atoms. The van der Waals surface area contributed by atoms with E-state index in [0.29, 0.717) is 0 Å². The van der Waals surface area contributed by atoms with Crippen LogP contribution >= 0.6 is 0 Å². The zero-order valence-corrected chi connectivity index (χ0v) is 7.98. The van der Waals surface area contributed by atoms with Crippen LogP contribution in [-0.2, 0) is 6.54 Å². The van der Waals surface area contributed by atoms with Crippen molar-refractivity contribution < 1.29 is 0 Å². The second-order valence-electron chi connectivity index (χ2n) is 3.71. The Hall–Kier alpha value is -1.03. The second kappa shape index (κ2) is 3.38. The number of likely N-dealkylation sites (tertiary alicyclic amines) is 1. The minimum atomic E-state index is 0.747. The molecule has 1 aliphatic heterocycles. The topological polar surface area (TPSA) is 47.1 Å². The highest BCUT2D eigenvalue weighted by Crippen LogP contribution is 2.15. The maximum atomic E-state index is 5.56. The molecular weight excluding hydrogens is 164 g/mol. The maximum absolute atomic E-state index is 5.56. The van der Waals surface area contributed by atoms with E-state index in [0.717, 1.165) is 24.8 Å². The lowest BCUT2D eigenvalue weighted by Crippen LogP contribution is -2.46. The fourth-order valence-electron chi connectivity index (χ4n) is 1.63. The van der Waals surface area contributed by atoms with Crippen molar-refractivity contribution in [3.05, 3.63) is 12.4 Å². The van der Waals surface area contributed by atoms with E-state index in [9.17, 15) is 0 Å². The molecule has 2 rings (SSSR count). The average Bonchev–Trinajstić information content (AvgIpc) is 2.49. The number of rotatable bonds is 3. The van der Waals surface area contributed by atoms with Crippen molar-refractivity contribution >= 4 is 5.69 Å². The molecule has 0 aromatic carbocycles. The highest BCUT2D eigenvalue weighted by Gasteiger charge is 2.22. The van der Waals surface area contributed by atoms with Gasteiger partial charge >= 0.3 is 0 Å². The zero-order valence-electron chi connectivity index (χ0n) is 7.98. The molecule has 0 amide bonds. The van der Waals surface area contributed by atoms with Crippen LogP contribution in [0.3, 0.4) is 0 Å². The number of nitrogens with zero attached hydrogens (tertiary/aromatic N) is 3. The Morgan fingerprint density at radius 1 is 1.62 bits per heavy atom. The van der Waals surface area contributed by atoms with Crippen LogP contribution in [0.15, 0.2) is 12.4 Å². The van der Waals surface area contributed by atoms with E-state index in [2.05, 4.69) is 16.9 Å². The fraction of sp³-hybridized carbons (Fsp3) is 0.667. The lowest BCUT2D eigenvalue weighted by atomic mass is 10.1. The molecule has 0 aliphatic carbocycles. The van der Waals surface area contributed by atoms with Gasteiger partial charge in [-0.2, -0.15) is 5.10 Å². The van der Waals surface area contributed by atoms with E-state index in [1.165, 1.54) is 13.0 Å². The number of nitrogen functional groups attached to an aromatic ring is 1. The van der Waals surface area contributed by atoms with Crippen molar-refractivity contribution in [3.63, 3.8) is 0 Å². The van der Waals surface area contributed by atoms with Gasteiger partial charge in [0.25, 0.3) is 0 Å². The number of nitrogens with two attached hydrogens (primary N) is 1. The van der Waals surface area contributed by atoms with Gasteiger partial charge in [0.15, 0.2) is 0 Å². The molecule has 1 aliphatic rings. The molecule has 0 saturated carbocycles. The van der Waals surface area contributed by atoms with Crippen LogP contribution in [0.1, 0.15) is 13.3 Å². The predicted molar refractivity (Wildman–Crippen MR) is 52.3 cm³/mol. The lowest BCUT2D eigenvalue weighted by Gasteiger charge is -2.38. The van der Waals surface area contributed by atoms with Crippen LogP contribution < -0.4 is 5.73 Å². The molecule has 13 heavy (non-hydrogen) atoms. The molecule has 1 aromatic heterocycles. The third-order valence-corrected chi connectivity index (χ3v) is 2.73. The predicted octanol–water partition coefficient (Wildman–Crippen LogP) is 0.559. The molecule has 1 saturated heterocycles. The summed E-state index contributed by atoms with van der Waals surface area (Å²) in [5, 5.41) is 4.14. The summed E-state index contributed by atoms with van der Waals surface area (Å²) < 4.78 is 1.90. The van der Waals surface area contributed by atoms with Crippen LogP contribution in [0.25, 0.3) is 0 Å². The molecule has 1 fully saturated rings. The van der Waals surface area contributed by atoms with Crippen LogP contribution in [0.2, 0.25) is 0 Å². The van der Waals surface area contributed by atoms with Crippen LogP contribution in [-0.4, -0.2) is 33.8 Å². The first-order valence-electron chi connectivity index (χ1n) is 4.77. The molecule has 2 N–H and O–H groups in total. The van der Waals surface area contributed by atoms with Gasteiger partial charge in [0, 0.05) is 18.8 Å². The first-order valence-corrected chi connectivity index (χ1v) is 4.77. The summed E-state index contributed by atoms with van der Waals surface area (Å²) >= 11 is 0. The fourth-order valence-corrected chi connectivity index (χ4v) is 1.63. The Morgan fingerprint density at radius 2 is 2.46 bits per heavy atom. The molecule has 2 heterocycles. The van der Waals surface area contributed by atoms with Gasteiger partial charge in [-0.3, -0.25) is 9.58 Å². The molecule has 0 radical (unpaired) electrons. The molecule has 1 atom stereocenters. The highest BCUT2D eigenvalue weighted by atomic mass is 15.3. The maximum Gasteiger partial charge on any atom is 0.0719 e. The molecule has 4 nitrogen and oxygen atoms in total. The van der Waals surface area contributed by atoms with Crippen molar-refractivity contribution in [1.29, 1.82) is 0 Å². The van der Waals surface area contributed by atoms with Gasteiger partial charge in [-0.15, -0.1) is 0 Å². The van der Waals surface area contributed by atoms with Gasteiger partial charge in [0.2, 0.25) is 0 Å². The summed E-state index contributed by atoms with van der Waals surface area (Å²) in [6.45, 7) is 5.53. The van der Waals surface area contributed by atoms with Crippen LogP contribution in [0.5, 0.6) is 0 Å². The lowest BCUT2D eigenvalue weighted by molar-refractivity contribution is 0.0987. The largest absolute Gasteiger partial charge is 0.396 e. The molecule has 72 valence electrons. The summed E-state index contributed by atoms with van der Waals surface area (Å²) in [7, 11) is 0. The molecule has 1 unspecified atom stereocenters. The summed E-state index contributed by atoms with van der Waals surface area (Å²) in [4.78, 5) is 2.46. The van der Waals surface area contributed by atoms with Crippen molar-refractivity contribution in [2.24, 2.45) is 0 Å². The Morgan fingerprint density at radius 3 is 2.92 bits per heavy atom. The van der Waals surface area contributed by atoms with E-state index >= 15 is 0 Å². The standard InChI is InChI=1S/C9H16N4/c1-8-2-3-12(8)4-5-13-7-9(10)6-11-13/h6-8H,2-5,10H2,1H3. The molecular formula is C9H16N4. The smallest absolute Gasteiger partial charge is 0.0719 e.